The van der Waals surface area contributed by atoms with Crippen LogP contribution in [-0.2, 0) is 4.79 Å². The molecule has 0 aromatic carbocycles. The highest BCUT2D eigenvalue weighted by atomic mass is 16.4. The van der Waals surface area contributed by atoms with Crippen molar-refractivity contribution in [1.29, 1.82) is 0 Å². The molecule has 1 aliphatic rings. The standard InChI is InChI=1S/C15H28N2O3/c1-11(2)10-17(12(3)4)15(20)16-9-7-5-6-8-13(16)14(18)19/h11-13H,5-10H2,1-4H3,(H,18,19). The van der Waals surface area contributed by atoms with Crippen LogP contribution in [0, 0.1) is 5.92 Å². The second-order valence-corrected chi connectivity index (χ2v) is 6.32. The normalized spacial score (nSPS) is 20.1. The van der Waals surface area contributed by atoms with Crippen molar-refractivity contribution in [3.8, 4) is 0 Å². The van der Waals surface area contributed by atoms with Gasteiger partial charge in [0, 0.05) is 19.1 Å². The maximum absolute atomic E-state index is 12.7. The number of hydrogen-bond acceptors (Lipinski definition) is 2. The van der Waals surface area contributed by atoms with E-state index in [0.717, 1.165) is 19.3 Å². The molecule has 2 amide bonds. The van der Waals surface area contributed by atoms with Crippen LogP contribution >= 0.6 is 0 Å². The Morgan fingerprint density at radius 2 is 1.85 bits per heavy atom. The van der Waals surface area contributed by atoms with Gasteiger partial charge in [-0.3, -0.25) is 0 Å². The topological polar surface area (TPSA) is 60.9 Å². The number of carbonyl (C=O) groups excluding carboxylic acids is 1. The number of rotatable bonds is 4. The molecular formula is C15H28N2O3. The highest BCUT2D eigenvalue weighted by Crippen LogP contribution is 2.20. The summed E-state index contributed by atoms with van der Waals surface area (Å²) in [5.41, 5.74) is 0. The Kier molecular flexibility index (Phi) is 6.30. The molecule has 1 atom stereocenters. The average Bonchev–Trinajstić information content (AvgIpc) is 2.59. The molecule has 5 heteroatoms. The highest BCUT2D eigenvalue weighted by Gasteiger charge is 2.34. The van der Waals surface area contributed by atoms with Crippen molar-refractivity contribution in [2.75, 3.05) is 13.1 Å². The van der Waals surface area contributed by atoms with Crippen LogP contribution in [0.1, 0.15) is 53.4 Å². The Morgan fingerprint density at radius 1 is 1.20 bits per heavy atom. The second kappa shape index (κ2) is 7.50. The van der Waals surface area contributed by atoms with Crippen molar-refractivity contribution in [2.24, 2.45) is 5.92 Å². The molecule has 1 aliphatic heterocycles. The summed E-state index contributed by atoms with van der Waals surface area (Å²) in [5.74, 6) is -0.509. The molecule has 1 heterocycles. The van der Waals surface area contributed by atoms with E-state index in [9.17, 15) is 14.7 Å². The summed E-state index contributed by atoms with van der Waals surface area (Å²) >= 11 is 0. The molecule has 1 unspecified atom stereocenters. The lowest BCUT2D eigenvalue weighted by molar-refractivity contribution is -0.142. The smallest absolute Gasteiger partial charge is 0.326 e. The molecule has 1 saturated heterocycles. The minimum atomic E-state index is -0.881. The van der Waals surface area contributed by atoms with E-state index in [-0.39, 0.29) is 12.1 Å². The lowest BCUT2D eigenvalue weighted by Gasteiger charge is -2.36. The Balaban J connectivity index is 2.90. The van der Waals surface area contributed by atoms with Crippen molar-refractivity contribution >= 4 is 12.0 Å². The molecule has 116 valence electrons. The molecule has 0 radical (unpaired) electrons. The first-order valence-electron chi connectivity index (χ1n) is 7.64. The van der Waals surface area contributed by atoms with Crippen molar-refractivity contribution in [3.63, 3.8) is 0 Å². The number of urea groups is 1. The molecule has 0 bridgehead atoms. The lowest BCUT2D eigenvalue weighted by Crippen LogP contribution is -2.53. The minimum absolute atomic E-state index is 0.0857. The third kappa shape index (κ3) is 4.39. The van der Waals surface area contributed by atoms with Crippen LogP contribution in [0.15, 0.2) is 0 Å². The minimum Gasteiger partial charge on any atom is -0.480 e. The fourth-order valence-corrected chi connectivity index (χ4v) is 2.66. The van der Waals surface area contributed by atoms with Crippen LogP contribution in [0.25, 0.3) is 0 Å². The fraction of sp³-hybridized carbons (Fsp3) is 0.867. The van der Waals surface area contributed by atoms with Gasteiger partial charge >= 0.3 is 12.0 Å². The average molecular weight is 284 g/mol. The summed E-state index contributed by atoms with van der Waals surface area (Å²) in [5, 5.41) is 9.37. The summed E-state index contributed by atoms with van der Waals surface area (Å²) in [7, 11) is 0. The largest absolute Gasteiger partial charge is 0.480 e. The maximum Gasteiger partial charge on any atom is 0.326 e. The zero-order chi connectivity index (χ0) is 15.3. The van der Waals surface area contributed by atoms with E-state index >= 15 is 0 Å². The molecule has 0 aromatic heterocycles. The third-order valence-corrected chi connectivity index (χ3v) is 3.71. The second-order valence-electron chi connectivity index (χ2n) is 6.32. The van der Waals surface area contributed by atoms with Crippen LogP contribution in [-0.4, -0.2) is 52.1 Å². The van der Waals surface area contributed by atoms with E-state index in [1.54, 1.807) is 9.80 Å². The van der Waals surface area contributed by atoms with Gasteiger partial charge in [-0.15, -0.1) is 0 Å². The van der Waals surface area contributed by atoms with Crippen LogP contribution < -0.4 is 0 Å². The van der Waals surface area contributed by atoms with Crippen LogP contribution in [0.3, 0.4) is 0 Å². The third-order valence-electron chi connectivity index (χ3n) is 3.71. The van der Waals surface area contributed by atoms with Gasteiger partial charge in [-0.25, -0.2) is 9.59 Å². The Hall–Kier alpha value is -1.26. The number of carboxylic acid groups (broad SMARTS) is 1. The Bertz CT molecular complexity index is 342. The molecule has 0 spiro atoms. The summed E-state index contributed by atoms with van der Waals surface area (Å²) in [4.78, 5) is 27.5. The van der Waals surface area contributed by atoms with E-state index < -0.39 is 12.0 Å². The predicted molar refractivity (Wildman–Crippen MR) is 78.7 cm³/mol. The summed E-state index contributed by atoms with van der Waals surface area (Å²) in [6.45, 7) is 9.32. The van der Waals surface area contributed by atoms with Gasteiger partial charge in [-0.2, -0.15) is 0 Å². The van der Waals surface area contributed by atoms with Crippen molar-refractivity contribution in [2.45, 2.75) is 65.5 Å². The van der Waals surface area contributed by atoms with Gasteiger partial charge < -0.3 is 14.9 Å². The van der Waals surface area contributed by atoms with Crippen molar-refractivity contribution in [1.82, 2.24) is 9.80 Å². The number of likely N-dealkylation sites (tertiary alicyclic amines) is 1. The number of nitrogens with zero attached hydrogens (tertiary/aromatic N) is 2. The molecule has 1 N–H and O–H groups in total. The summed E-state index contributed by atoms with van der Waals surface area (Å²) in [6.07, 6.45) is 3.34. The first-order valence-corrected chi connectivity index (χ1v) is 7.64. The summed E-state index contributed by atoms with van der Waals surface area (Å²) < 4.78 is 0. The Morgan fingerprint density at radius 3 is 2.35 bits per heavy atom. The van der Waals surface area contributed by atoms with Gasteiger partial charge in [0.25, 0.3) is 0 Å². The molecule has 0 saturated carbocycles. The fourth-order valence-electron chi connectivity index (χ4n) is 2.66. The van der Waals surface area contributed by atoms with Gasteiger partial charge in [-0.05, 0) is 32.6 Å². The highest BCUT2D eigenvalue weighted by molar-refractivity contribution is 5.83. The number of aliphatic carboxylic acids is 1. The van der Waals surface area contributed by atoms with E-state index in [4.69, 9.17) is 0 Å². The van der Waals surface area contributed by atoms with Crippen LogP contribution in [0.5, 0.6) is 0 Å². The molecule has 0 aliphatic carbocycles. The number of carboxylic acids is 1. The van der Waals surface area contributed by atoms with Gasteiger partial charge in [0.15, 0.2) is 0 Å². The van der Waals surface area contributed by atoms with Crippen LogP contribution in [0.4, 0.5) is 4.79 Å². The number of hydrogen-bond donors (Lipinski definition) is 1. The maximum atomic E-state index is 12.7. The van der Waals surface area contributed by atoms with Gasteiger partial charge in [0.1, 0.15) is 6.04 Å². The van der Waals surface area contributed by atoms with Gasteiger partial charge in [0.2, 0.25) is 0 Å². The van der Waals surface area contributed by atoms with E-state index in [1.807, 2.05) is 13.8 Å². The van der Waals surface area contributed by atoms with E-state index in [1.165, 1.54) is 0 Å². The van der Waals surface area contributed by atoms with Gasteiger partial charge in [0.05, 0.1) is 0 Å². The molecule has 1 fully saturated rings. The van der Waals surface area contributed by atoms with Gasteiger partial charge in [-0.1, -0.05) is 26.7 Å². The first kappa shape index (κ1) is 16.8. The first-order chi connectivity index (χ1) is 9.34. The van der Waals surface area contributed by atoms with Crippen LogP contribution in [0.2, 0.25) is 0 Å². The molecule has 0 aromatic rings. The quantitative estimate of drug-likeness (QED) is 0.863. The molecule has 20 heavy (non-hydrogen) atoms. The Labute approximate surface area is 121 Å². The van der Waals surface area contributed by atoms with Crippen molar-refractivity contribution < 1.29 is 14.7 Å². The SMILES string of the molecule is CC(C)CN(C(=O)N1CCCCCC1C(=O)O)C(C)C. The van der Waals surface area contributed by atoms with Crippen molar-refractivity contribution in [3.05, 3.63) is 0 Å². The zero-order valence-corrected chi connectivity index (χ0v) is 13.1. The van der Waals surface area contributed by atoms with E-state index in [2.05, 4.69) is 13.8 Å². The molecule has 5 nitrogen and oxygen atoms in total. The zero-order valence-electron chi connectivity index (χ0n) is 13.1. The number of amides is 2. The number of carbonyl (C=O) groups is 2. The predicted octanol–water partition coefficient (Wildman–Crippen LogP) is 2.80. The summed E-state index contributed by atoms with van der Waals surface area (Å²) in [6, 6.07) is -0.705. The molecular weight excluding hydrogens is 256 g/mol. The molecule has 1 rings (SSSR count). The monoisotopic (exact) mass is 284 g/mol. The lowest BCUT2D eigenvalue weighted by atomic mass is 10.1. The van der Waals surface area contributed by atoms with E-state index in [0.29, 0.717) is 25.4 Å².